The molecule has 294 valence electrons. The zero-order valence-corrected chi connectivity index (χ0v) is 30.4. The number of aliphatic hydroxyl groups excluding tert-OH is 1. The highest BCUT2D eigenvalue weighted by Crippen LogP contribution is 2.52. The minimum absolute atomic E-state index is 0.00150. The Hall–Kier alpha value is -5.07. The predicted octanol–water partition coefficient (Wildman–Crippen LogP) is 0.687. The van der Waals surface area contributed by atoms with Crippen molar-refractivity contribution in [1.82, 2.24) is 4.90 Å². The third-order valence-corrected chi connectivity index (χ3v) is 10.7. The number of rotatable bonds is 12. The SMILES string of the molecule is COc1cccc2c1C(=O)c1c(O)c3c(c(O)c1C2=O)CC(O)(C(=O)COC(=O)CCCN1C(=O)CC(CC(C)=O)C1=O)CC3OC1CC(N)C(O)C(C)O1. The van der Waals surface area contributed by atoms with Crippen molar-refractivity contribution in [2.75, 3.05) is 20.3 Å². The number of esters is 1. The maximum absolute atomic E-state index is 13.9. The van der Waals surface area contributed by atoms with Gasteiger partial charge < -0.3 is 49.9 Å². The number of phenols is 2. The second-order valence-electron chi connectivity index (χ2n) is 14.5. The second kappa shape index (κ2) is 15.2. The number of hydrogen-bond donors (Lipinski definition) is 5. The molecular weight excluding hydrogens is 724 g/mol. The van der Waals surface area contributed by atoms with E-state index >= 15 is 0 Å². The van der Waals surface area contributed by atoms with Crippen molar-refractivity contribution in [3.8, 4) is 17.2 Å². The van der Waals surface area contributed by atoms with Gasteiger partial charge in [-0.15, -0.1) is 0 Å². The second-order valence-corrected chi connectivity index (χ2v) is 14.5. The van der Waals surface area contributed by atoms with Crippen molar-refractivity contribution < 1.29 is 72.9 Å². The van der Waals surface area contributed by atoms with E-state index in [0.29, 0.717) is 0 Å². The first-order valence-corrected chi connectivity index (χ1v) is 17.8. The number of ether oxygens (including phenoxy) is 4. The summed E-state index contributed by atoms with van der Waals surface area (Å²) in [6.07, 6.45) is -6.33. The van der Waals surface area contributed by atoms with Gasteiger partial charge in [0.05, 0.1) is 48.0 Å². The predicted molar refractivity (Wildman–Crippen MR) is 185 cm³/mol. The smallest absolute Gasteiger partial charge is 0.306 e. The van der Waals surface area contributed by atoms with E-state index in [9.17, 15) is 54.0 Å². The van der Waals surface area contributed by atoms with Crippen LogP contribution >= 0.6 is 0 Å². The summed E-state index contributed by atoms with van der Waals surface area (Å²) in [5, 5.41) is 45.6. The lowest BCUT2D eigenvalue weighted by molar-refractivity contribution is -0.247. The number of benzene rings is 2. The van der Waals surface area contributed by atoms with Gasteiger partial charge in [0.25, 0.3) is 0 Å². The van der Waals surface area contributed by atoms with Crippen molar-refractivity contribution in [2.24, 2.45) is 11.7 Å². The highest BCUT2D eigenvalue weighted by Gasteiger charge is 2.50. The average Bonchev–Trinajstić information content (AvgIpc) is 3.39. The molecule has 17 heteroatoms. The zero-order valence-electron chi connectivity index (χ0n) is 30.4. The summed E-state index contributed by atoms with van der Waals surface area (Å²) in [6.45, 7) is 1.81. The molecule has 2 heterocycles. The number of carbonyl (C=O) groups excluding carboxylic acids is 7. The number of fused-ring (bicyclic) bond motifs is 3. The number of imide groups is 1. The van der Waals surface area contributed by atoms with Gasteiger partial charge in [-0.3, -0.25) is 33.7 Å². The van der Waals surface area contributed by atoms with E-state index in [4.69, 9.17) is 24.7 Å². The number of ketones is 4. The molecule has 7 unspecified atom stereocenters. The van der Waals surface area contributed by atoms with Crippen LogP contribution in [0.4, 0.5) is 0 Å². The fourth-order valence-corrected chi connectivity index (χ4v) is 7.83. The molecule has 2 amide bonds. The summed E-state index contributed by atoms with van der Waals surface area (Å²) in [4.78, 5) is 91.3. The number of nitrogens with zero attached hydrogens (tertiary/aromatic N) is 1. The lowest BCUT2D eigenvalue weighted by atomic mass is 9.72. The van der Waals surface area contributed by atoms with Crippen molar-refractivity contribution >= 4 is 40.9 Å². The molecule has 0 spiro atoms. The van der Waals surface area contributed by atoms with Crippen molar-refractivity contribution in [3.63, 3.8) is 0 Å². The molecule has 55 heavy (non-hydrogen) atoms. The number of carbonyl (C=O) groups is 7. The Bertz CT molecular complexity index is 1980. The van der Waals surface area contributed by atoms with Crippen molar-refractivity contribution in [2.45, 2.75) is 95.0 Å². The third kappa shape index (κ3) is 7.25. The molecule has 6 N–H and O–H groups in total. The van der Waals surface area contributed by atoms with Crippen LogP contribution in [-0.2, 0) is 44.6 Å². The summed E-state index contributed by atoms with van der Waals surface area (Å²) in [5.74, 6) is -6.99. The fraction of sp³-hybridized carbons (Fsp3) is 0.500. The molecule has 2 aromatic carbocycles. The van der Waals surface area contributed by atoms with E-state index in [1.54, 1.807) is 6.92 Å². The molecule has 2 aliphatic carbocycles. The quantitative estimate of drug-likeness (QED) is 0.0964. The van der Waals surface area contributed by atoms with Crippen LogP contribution in [0.25, 0.3) is 0 Å². The molecule has 17 nitrogen and oxygen atoms in total. The molecule has 6 rings (SSSR count). The van der Waals surface area contributed by atoms with Crippen LogP contribution in [-0.4, -0.2) is 117 Å². The summed E-state index contributed by atoms with van der Waals surface area (Å²) < 4.78 is 22.4. The van der Waals surface area contributed by atoms with Gasteiger partial charge in [-0.25, -0.2) is 0 Å². The minimum Gasteiger partial charge on any atom is -0.507 e. The molecule has 2 fully saturated rings. The molecule has 0 bridgehead atoms. The normalized spacial score (nSPS) is 27.3. The lowest BCUT2D eigenvalue weighted by Crippen LogP contribution is -2.53. The van der Waals surface area contributed by atoms with Gasteiger partial charge in [-0.1, -0.05) is 12.1 Å². The Kier molecular flexibility index (Phi) is 11.0. The van der Waals surface area contributed by atoms with Crippen LogP contribution in [0.1, 0.15) is 101 Å². The standard InChI is InChI=1S/C38H42N2O15/c1-16(41)10-18-11-25(43)40(37(18)50)9-5-8-26(44)53-15-24(42)38(51)13-20-29(23(14-38)55-27-12-21(39)32(45)17(2)54-27)36(49)31-30(34(20)47)33(46)19-6-4-7-22(52-3)28(19)35(31)48/h4,6-7,17-18,21,23,27,32,45,47,49,51H,5,8-15,39H2,1-3H3. The first-order valence-electron chi connectivity index (χ1n) is 17.8. The molecular formula is C38H42N2O15. The van der Waals surface area contributed by atoms with Crippen LogP contribution < -0.4 is 10.5 Å². The number of Topliss-reactive ketones (excluding diaryl/α,β-unsaturated/α-hetero) is 2. The molecule has 7 atom stereocenters. The first kappa shape index (κ1) is 39.6. The Labute approximate surface area is 314 Å². The summed E-state index contributed by atoms with van der Waals surface area (Å²) in [5.41, 5.74) is 1.85. The maximum atomic E-state index is 13.9. The number of aliphatic hydroxyl groups is 2. The van der Waals surface area contributed by atoms with Crippen molar-refractivity contribution in [3.05, 3.63) is 51.6 Å². The summed E-state index contributed by atoms with van der Waals surface area (Å²) >= 11 is 0. The highest BCUT2D eigenvalue weighted by atomic mass is 16.7. The number of aromatic hydroxyl groups is 2. The topological polar surface area (TPSA) is 267 Å². The lowest BCUT2D eigenvalue weighted by Gasteiger charge is -2.42. The Morgan fingerprint density at radius 2 is 1.76 bits per heavy atom. The minimum atomic E-state index is -2.43. The van der Waals surface area contributed by atoms with E-state index in [0.717, 1.165) is 4.90 Å². The van der Waals surface area contributed by atoms with E-state index in [1.807, 2.05) is 0 Å². The Balaban J connectivity index is 1.24. The maximum Gasteiger partial charge on any atom is 0.306 e. The van der Waals surface area contributed by atoms with E-state index < -0.39 is 119 Å². The van der Waals surface area contributed by atoms with Crippen LogP contribution in [0.5, 0.6) is 17.2 Å². The largest absolute Gasteiger partial charge is 0.507 e. The number of likely N-dealkylation sites (tertiary alicyclic amines) is 1. The van der Waals surface area contributed by atoms with Gasteiger partial charge in [-0.2, -0.15) is 0 Å². The van der Waals surface area contributed by atoms with E-state index in [-0.39, 0.29) is 72.4 Å². The monoisotopic (exact) mass is 766 g/mol. The summed E-state index contributed by atoms with van der Waals surface area (Å²) in [6, 6.07) is 3.46. The molecule has 0 aromatic heterocycles. The molecule has 2 aromatic rings. The van der Waals surface area contributed by atoms with Crippen LogP contribution in [0, 0.1) is 5.92 Å². The third-order valence-electron chi connectivity index (χ3n) is 10.7. The number of phenolic OH excluding ortho intramolecular Hbond substituents is 2. The van der Waals surface area contributed by atoms with Gasteiger partial charge in [0.1, 0.15) is 28.6 Å². The zero-order chi connectivity index (χ0) is 40.1. The number of amides is 2. The molecule has 0 radical (unpaired) electrons. The van der Waals surface area contributed by atoms with E-state index in [1.165, 1.54) is 32.2 Å². The molecule has 0 saturated carbocycles. The highest BCUT2D eigenvalue weighted by molar-refractivity contribution is 6.31. The summed E-state index contributed by atoms with van der Waals surface area (Å²) in [7, 11) is 1.30. The first-order chi connectivity index (χ1) is 26.0. The van der Waals surface area contributed by atoms with Gasteiger partial charge in [0.2, 0.25) is 23.4 Å². The molecule has 2 saturated heterocycles. The van der Waals surface area contributed by atoms with Crippen LogP contribution in [0.2, 0.25) is 0 Å². The van der Waals surface area contributed by atoms with Gasteiger partial charge in [0.15, 0.2) is 18.7 Å². The number of hydrogen-bond acceptors (Lipinski definition) is 16. The number of methoxy groups -OCH3 is 1. The van der Waals surface area contributed by atoms with Crippen molar-refractivity contribution in [1.29, 1.82) is 0 Å². The molecule has 4 aliphatic rings. The average molecular weight is 767 g/mol. The van der Waals surface area contributed by atoms with Gasteiger partial charge in [0, 0.05) is 67.8 Å². The number of nitrogens with two attached hydrogens (primary N) is 1. The Morgan fingerprint density at radius 1 is 1.05 bits per heavy atom. The fourth-order valence-electron chi connectivity index (χ4n) is 7.83. The van der Waals surface area contributed by atoms with Gasteiger partial charge >= 0.3 is 5.97 Å². The molecule has 2 aliphatic heterocycles. The Morgan fingerprint density at radius 3 is 2.44 bits per heavy atom. The van der Waals surface area contributed by atoms with Crippen LogP contribution in [0.3, 0.4) is 0 Å². The van der Waals surface area contributed by atoms with Crippen LogP contribution in [0.15, 0.2) is 18.2 Å². The van der Waals surface area contributed by atoms with E-state index in [2.05, 4.69) is 0 Å². The van der Waals surface area contributed by atoms with Gasteiger partial charge in [-0.05, 0) is 26.3 Å².